The van der Waals surface area contributed by atoms with Crippen molar-refractivity contribution in [1.29, 1.82) is 0 Å². The number of aromatic nitrogens is 3. The monoisotopic (exact) mass is 480 g/mol. The molecule has 3 aromatic rings. The van der Waals surface area contributed by atoms with E-state index in [2.05, 4.69) is 30.4 Å². The number of nitrogens with zero attached hydrogens (tertiary/aromatic N) is 3. The molecule has 0 aliphatic carbocycles. The van der Waals surface area contributed by atoms with Crippen LogP contribution < -0.4 is 14.8 Å². The average Bonchev–Trinajstić information content (AvgIpc) is 3.24. The smallest absolute Gasteiger partial charge is 0.338 e. The molecule has 1 aliphatic rings. The van der Waals surface area contributed by atoms with E-state index in [1.54, 1.807) is 37.6 Å². The van der Waals surface area contributed by atoms with Gasteiger partial charge in [-0.1, -0.05) is 47.7 Å². The molecule has 0 spiro atoms. The van der Waals surface area contributed by atoms with Crippen LogP contribution in [-0.4, -0.2) is 41.6 Å². The van der Waals surface area contributed by atoms with Gasteiger partial charge in [-0.05, 0) is 44.0 Å². The van der Waals surface area contributed by atoms with Gasteiger partial charge in [0.2, 0.25) is 11.1 Å². The van der Waals surface area contributed by atoms with E-state index < -0.39 is 12.0 Å². The van der Waals surface area contributed by atoms with E-state index in [1.807, 2.05) is 31.2 Å². The normalized spacial score (nSPS) is 14.9. The number of thioether (sulfide) groups is 1. The van der Waals surface area contributed by atoms with Gasteiger partial charge in [-0.3, -0.25) is 0 Å². The van der Waals surface area contributed by atoms with Crippen molar-refractivity contribution < 1.29 is 19.0 Å². The summed E-state index contributed by atoms with van der Waals surface area (Å²) in [4.78, 5) is 17.7. The number of fused-ring (bicyclic) bond motifs is 1. The predicted octanol–water partition coefficient (Wildman–Crippen LogP) is 4.75. The summed E-state index contributed by atoms with van der Waals surface area (Å²) in [6.07, 6.45) is 0. The molecule has 0 radical (unpaired) electrons. The van der Waals surface area contributed by atoms with Gasteiger partial charge >= 0.3 is 5.97 Å². The van der Waals surface area contributed by atoms with Crippen molar-refractivity contribution in [1.82, 2.24) is 14.8 Å². The fraction of sp³-hybridized carbons (Fsp3) is 0.320. The Kier molecular flexibility index (Phi) is 7.12. The topological polar surface area (TPSA) is 87.5 Å². The second-order valence-electron chi connectivity index (χ2n) is 7.84. The number of hydrogen-bond acceptors (Lipinski definition) is 8. The first-order valence-electron chi connectivity index (χ1n) is 11.0. The highest BCUT2D eigenvalue weighted by atomic mass is 32.2. The maximum Gasteiger partial charge on any atom is 0.338 e. The summed E-state index contributed by atoms with van der Waals surface area (Å²) in [6.45, 7) is 5.98. The Morgan fingerprint density at radius 1 is 1.12 bits per heavy atom. The number of methoxy groups -OCH3 is 2. The van der Waals surface area contributed by atoms with Crippen molar-refractivity contribution in [3.63, 3.8) is 0 Å². The molecule has 9 heteroatoms. The molecule has 8 nitrogen and oxygen atoms in total. The second-order valence-corrected chi connectivity index (χ2v) is 8.78. The summed E-state index contributed by atoms with van der Waals surface area (Å²) < 4.78 is 18.0. The third-order valence-corrected chi connectivity index (χ3v) is 6.41. The van der Waals surface area contributed by atoms with Crippen LogP contribution in [0.3, 0.4) is 0 Å². The molecule has 0 bridgehead atoms. The lowest BCUT2D eigenvalue weighted by Gasteiger charge is -2.28. The van der Waals surface area contributed by atoms with Gasteiger partial charge in [-0.25, -0.2) is 9.48 Å². The van der Waals surface area contributed by atoms with Crippen LogP contribution in [0.1, 0.15) is 36.6 Å². The SMILES string of the molecule is CCOC(=O)C1=C(C)Nc2nc(SCc3cccc(C)c3)nn2C1c1ccc(OC)c(OC)c1. The Morgan fingerprint density at radius 2 is 1.91 bits per heavy atom. The maximum atomic E-state index is 13.0. The van der Waals surface area contributed by atoms with Crippen LogP contribution in [0.2, 0.25) is 0 Å². The van der Waals surface area contributed by atoms with E-state index in [0.29, 0.717) is 33.9 Å². The van der Waals surface area contributed by atoms with Gasteiger partial charge in [0.25, 0.3) is 0 Å². The number of benzene rings is 2. The molecular weight excluding hydrogens is 452 g/mol. The number of nitrogens with one attached hydrogen (secondary N) is 1. The first-order valence-corrected chi connectivity index (χ1v) is 12.0. The van der Waals surface area contributed by atoms with E-state index in [4.69, 9.17) is 24.3 Å². The van der Waals surface area contributed by atoms with Crippen LogP contribution in [0, 0.1) is 6.92 Å². The number of hydrogen-bond donors (Lipinski definition) is 1. The van der Waals surface area contributed by atoms with E-state index in [-0.39, 0.29) is 6.61 Å². The van der Waals surface area contributed by atoms with Gasteiger partial charge in [-0.15, -0.1) is 5.10 Å². The first kappa shape index (κ1) is 23.7. The summed E-state index contributed by atoms with van der Waals surface area (Å²) >= 11 is 1.55. The quantitative estimate of drug-likeness (QED) is 0.365. The number of carbonyl (C=O) groups excluding carboxylic acids is 1. The van der Waals surface area contributed by atoms with Gasteiger partial charge in [0.05, 0.1) is 26.4 Å². The maximum absolute atomic E-state index is 13.0. The predicted molar refractivity (Wildman–Crippen MR) is 131 cm³/mol. The van der Waals surface area contributed by atoms with Crippen LogP contribution in [0.25, 0.3) is 0 Å². The Balaban J connectivity index is 1.73. The summed E-state index contributed by atoms with van der Waals surface area (Å²) in [5, 5.41) is 8.61. The number of rotatable bonds is 8. The van der Waals surface area contributed by atoms with Gasteiger partial charge in [0.1, 0.15) is 6.04 Å². The standard InChI is InChI=1S/C25H28N4O4S/c1-6-33-23(30)21-16(3)26-24-27-25(34-14-17-9-7-8-15(2)12-17)28-29(24)22(21)18-10-11-19(31-4)20(13-18)32-5/h7-13,22H,6,14H2,1-5H3,(H,26,27,28). The van der Waals surface area contributed by atoms with Crippen molar-refractivity contribution in [2.75, 3.05) is 26.1 Å². The summed E-state index contributed by atoms with van der Waals surface area (Å²) in [5.74, 6) is 2.07. The summed E-state index contributed by atoms with van der Waals surface area (Å²) in [5.41, 5.74) is 4.37. The second kappa shape index (κ2) is 10.2. The van der Waals surface area contributed by atoms with Crippen LogP contribution in [0.15, 0.2) is 58.9 Å². The van der Waals surface area contributed by atoms with Gasteiger partial charge in [0.15, 0.2) is 11.5 Å². The zero-order valence-electron chi connectivity index (χ0n) is 19.9. The molecule has 4 rings (SSSR count). The van der Waals surface area contributed by atoms with Crippen molar-refractivity contribution in [3.05, 3.63) is 70.4 Å². The number of anilines is 1. The zero-order chi connectivity index (χ0) is 24.2. The first-order chi connectivity index (χ1) is 16.4. The lowest BCUT2D eigenvalue weighted by Crippen LogP contribution is -2.29. The van der Waals surface area contributed by atoms with E-state index >= 15 is 0 Å². The van der Waals surface area contributed by atoms with Crippen molar-refractivity contribution in [2.45, 2.75) is 37.7 Å². The molecule has 2 aromatic carbocycles. The molecule has 1 aromatic heterocycles. The molecule has 0 fully saturated rings. The van der Waals surface area contributed by atoms with Crippen LogP contribution >= 0.6 is 11.8 Å². The molecular formula is C25H28N4O4S. The minimum absolute atomic E-state index is 0.274. The molecule has 0 saturated carbocycles. The zero-order valence-corrected chi connectivity index (χ0v) is 20.7. The van der Waals surface area contributed by atoms with E-state index in [1.165, 1.54) is 11.1 Å². The number of aryl methyl sites for hydroxylation is 1. The highest BCUT2D eigenvalue weighted by Crippen LogP contribution is 2.40. The Morgan fingerprint density at radius 3 is 2.62 bits per heavy atom. The fourth-order valence-corrected chi connectivity index (χ4v) is 4.72. The molecule has 0 saturated heterocycles. The Labute approximate surface area is 203 Å². The number of ether oxygens (including phenoxy) is 3. The lowest BCUT2D eigenvalue weighted by molar-refractivity contribution is -0.139. The fourth-order valence-electron chi connectivity index (χ4n) is 3.95. The van der Waals surface area contributed by atoms with Crippen LogP contribution in [0.5, 0.6) is 11.5 Å². The molecule has 0 amide bonds. The van der Waals surface area contributed by atoms with Crippen molar-refractivity contribution in [2.24, 2.45) is 0 Å². The Hall–Kier alpha value is -3.46. The minimum Gasteiger partial charge on any atom is -0.493 e. The molecule has 2 heterocycles. The third-order valence-electron chi connectivity index (χ3n) is 5.50. The summed E-state index contributed by atoms with van der Waals surface area (Å²) in [6, 6.07) is 13.4. The molecule has 1 unspecified atom stereocenters. The Bertz CT molecular complexity index is 1240. The average molecular weight is 481 g/mol. The molecule has 34 heavy (non-hydrogen) atoms. The lowest BCUT2D eigenvalue weighted by atomic mass is 9.95. The molecule has 1 aliphatic heterocycles. The van der Waals surface area contributed by atoms with E-state index in [9.17, 15) is 4.79 Å². The minimum atomic E-state index is -0.532. The van der Waals surface area contributed by atoms with E-state index in [0.717, 1.165) is 11.3 Å². The van der Waals surface area contributed by atoms with Gasteiger partial charge in [-0.2, -0.15) is 4.98 Å². The molecule has 1 N–H and O–H groups in total. The highest BCUT2D eigenvalue weighted by Gasteiger charge is 2.35. The number of carbonyl (C=O) groups is 1. The highest BCUT2D eigenvalue weighted by molar-refractivity contribution is 7.98. The molecule has 178 valence electrons. The third kappa shape index (κ3) is 4.75. The van der Waals surface area contributed by atoms with Crippen molar-refractivity contribution in [3.8, 4) is 11.5 Å². The van der Waals surface area contributed by atoms with Gasteiger partial charge in [0, 0.05) is 11.4 Å². The summed E-state index contributed by atoms with van der Waals surface area (Å²) in [7, 11) is 3.17. The molecule has 1 atom stereocenters. The van der Waals surface area contributed by atoms with Crippen LogP contribution in [0.4, 0.5) is 5.95 Å². The van der Waals surface area contributed by atoms with Gasteiger partial charge < -0.3 is 19.5 Å². The largest absolute Gasteiger partial charge is 0.493 e. The van der Waals surface area contributed by atoms with Crippen molar-refractivity contribution >= 4 is 23.7 Å². The van der Waals surface area contributed by atoms with Crippen LogP contribution in [-0.2, 0) is 15.3 Å². The number of allylic oxidation sites excluding steroid dienone is 1. The number of esters is 1.